The van der Waals surface area contributed by atoms with Crippen LogP contribution >= 0.6 is 0 Å². The Balaban J connectivity index is 2.76. The molecule has 0 amide bonds. The fourth-order valence-electron chi connectivity index (χ4n) is 2.29. The van der Waals surface area contributed by atoms with Crippen LogP contribution in [0.1, 0.15) is 52.5 Å². The Morgan fingerprint density at radius 2 is 1.59 bits per heavy atom. The minimum Gasteiger partial charge on any atom is -0.392 e. The summed E-state index contributed by atoms with van der Waals surface area (Å²) < 4.78 is 0. The van der Waals surface area contributed by atoms with Crippen LogP contribution in [-0.2, 0) is 5.41 Å². The van der Waals surface area contributed by atoms with E-state index < -0.39 is 0 Å². The first kappa shape index (κ1) is 14.2. The van der Waals surface area contributed by atoms with Gasteiger partial charge in [0.15, 0.2) is 0 Å². The number of benzene rings is 1. The van der Waals surface area contributed by atoms with E-state index in [0.29, 0.717) is 5.92 Å². The van der Waals surface area contributed by atoms with E-state index in [1.165, 1.54) is 5.56 Å². The summed E-state index contributed by atoms with van der Waals surface area (Å²) in [7, 11) is 0. The van der Waals surface area contributed by atoms with Crippen LogP contribution in [0.4, 0.5) is 0 Å². The maximum absolute atomic E-state index is 10.5. The first-order valence-corrected chi connectivity index (χ1v) is 6.75. The molecule has 1 rings (SSSR count). The molecule has 0 saturated heterocycles. The van der Waals surface area contributed by atoms with E-state index in [1.807, 2.05) is 18.2 Å². The highest BCUT2D eigenvalue weighted by molar-refractivity contribution is 5.24. The molecule has 17 heavy (non-hydrogen) atoms. The van der Waals surface area contributed by atoms with Gasteiger partial charge in [-0.05, 0) is 17.9 Å². The largest absolute Gasteiger partial charge is 0.392 e. The van der Waals surface area contributed by atoms with Crippen molar-refractivity contribution < 1.29 is 5.11 Å². The van der Waals surface area contributed by atoms with E-state index in [2.05, 4.69) is 39.8 Å². The van der Waals surface area contributed by atoms with Crippen molar-refractivity contribution in [1.82, 2.24) is 0 Å². The van der Waals surface area contributed by atoms with Crippen molar-refractivity contribution in [2.75, 3.05) is 0 Å². The monoisotopic (exact) mass is 234 g/mol. The summed E-state index contributed by atoms with van der Waals surface area (Å²) in [5, 5.41) is 10.5. The molecule has 1 N–H and O–H groups in total. The molecular weight excluding hydrogens is 208 g/mol. The molecule has 0 radical (unpaired) electrons. The second-order valence-electron chi connectivity index (χ2n) is 5.52. The molecular formula is C16H26O. The molecule has 1 aromatic rings. The van der Waals surface area contributed by atoms with Crippen molar-refractivity contribution >= 4 is 0 Å². The SMILES string of the molecule is CCC(CC)CC(O)C(C)(C)c1ccccc1. The molecule has 0 spiro atoms. The Kier molecular flexibility index (Phi) is 5.20. The Morgan fingerprint density at radius 1 is 1.06 bits per heavy atom. The fraction of sp³-hybridized carbons (Fsp3) is 0.625. The highest BCUT2D eigenvalue weighted by Gasteiger charge is 2.30. The molecule has 1 nitrogen and oxygen atoms in total. The van der Waals surface area contributed by atoms with Crippen molar-refractivity contribution in [2.45, 2.75) is 58.5 Å². The molecule has 0 fully saturated rings. The van der Waals surface area contributed by atoms with Gasteiger partial charge in [0, 0.05) is 5.41 Å². The molecule has 96 valence electrons. The van der Waals surface area contributed by atoms with Crippen molar-refractivity contribution in [2.24, 2.45) is 5.92 Å². The lowest BCUT2D eigenvalue weighted by molar-refractivity contribution is 0.0727. The predicted molar refractivity (Wildman–Crippen MR) is 74.2 cm³/mol. The van der Waals surface area contributed by atoms with Crippen LogP contribution in [0.2, 0.25) is 0 Å². The van der Waals surface area contributed by atoms with Crippen molar-refractivity contribution in [1.29, 1.82) is 0 Å². The van der Waals surface area contributed by atoms with Crippen LogP contribution in [0.15, 0.2) is 30.3 Å². The lowest BCUT2D eigenvalue weighted by Gasteiger charge is -2.33. The van der Waals surface area contributed by atoms with E-state index in [0.717, 1.165) is 19.3 Å². The van der Waals surface area contributed by atoms with Gasteiger partial charge in [0.05, 0.1) is 6.10 Å². The molecule has 1 aromatic carbocycles. The molecule has 1 unspecified atom stereocenters. The third-order valence-corrected chi connectivity index (χ3v) is 4.06. The zero-order chi connectivity index (χ0) is 12.9. The zero-order valence-corrected chi connectivity index (χ0v) is 11.6. The van der Waals surface area contributed by atoms with Gasteiger partial charge < -0.3 is 5.11 Å². The predicted octanol–water partition coefficient (Wildman–Crippen LogP) is 4.15. The van der Waals surface area contributed by atoms with Gasteiger partial charge in [-0.1, -0.05) is 70.9 Å². The highest BCUT2D eigenvalue weighted by Crippen LogP contribution is 2.31. The van der Waals surface area contributed by atoms with Gasteiger partial charge >= 0.3 is 0 Å². The molecule has 0 aromatic heterocycles. The second kappa shape index (κ2) is 6.20. The minimum absolute atomic E-state index is 0.163. The minimum atomic E-state index is -0.269. The number of aliphatic hydroxyl groups excluding tert-OH is 1. The van der Waals surface area contributed by atoms with E-state index >= 15 is 0 Å². The average molecular weight is 234 g/mol. The molecule has 0 aliphatic rings. The molecule has 1 heteroatoms. The Hall–Kier alpha value is -0.820. The molecule has 0 bridgehead atoms. The van der Waals surface area contributed by atoms with Gasteiger partial charge in [-0.25, -0.2) is 0 Å². The van der Waals surface area contributed by atoms with Crippen LogP contribution < -0.4 is 0 Å². The van der Waals surface area contributed by atoms with Crippen molar-refractivity contribution in [3.63, 3.8) is 0 Å². The van der Waals surface area contributed by atoms with Crippen molar-refractivity contribution in [3.8, 4) is 0 Å². The van der Waals surface area contributed by atoms with Crippen molar-refractivity contribution in [3.05, 3.63) is 35.9 Å². The Morgan fingerprint density at radius 3 is 2.06 bits per heavy atom. The van der Waals surface area contributed by atoms with Gasteiger partial charge in [0.2, 0.25) is 0 Å². The van der Waals surface area contributed by atoms with Crippen LogP contribution in [0.25, 0.3) is 0 Å². The summed E-state index contributed by atoms with van der Waals surface area (Å²) in [4.78, 5) is 0. The van der Waals surface area contributed by atoms with E-state index in [1.54, 1.807) is 0 Å². The first-order valence-electron chi connectivity index (χ1n) is 6.75. The molecule has 0 saturated carbocycles. The normalized spacial score (nSPS) is 14.0. The van der Waals surface area contributed by atoms with Crippen LogP contribution in [-0.4, -0.2) is 11.2 Å². The quantitative estimate of drug-likeness (QED) is 0.784. The van der Waals surface area contributed by atoms with E-state index in [9.17, 15) is 5.11 Å². The smallest absolute Gasteiger partial charge is 0.0634 e. The third-order valence-electron chi connectivity index (χ3n) is 4.06. The average Bonchev–Trinajstić information content (AvgIpc) is 2.36. The standard InChI is InChI=1S/C16H26O/c1-5-13(6-2)12-15(17)16(3,4)14-10-8-7-9-11-14/h7-11,13,15,17H,5-6,12H2,1-4H3. The molecule has 1 atom stereocenters. The molecule has 0 aliphatic heterocycles. The maximum Gasteiger partial charge on any atom is 0.0634 e. The fourth-order valence-corrected chi connectivity index (χ4v) is 2.29. The van der Waals surface area contributed by atoms with E-state index in [4.69, 9.17) is 0 Å². The third kappa shape index (κ3) is 3.57. The zero-order valence-electron chi connectivity index (χ0n) is 11.6. The van der Waals surface area contributed by atoms with Gasteiger partial charge in [-0.15, -0.1) is 0 Å². The van der Waals surface area contributed by atoms with Gasteiger partial charge in [0.1, 0.15) is 0 Å². The highest BCUT2D eigenvalue weighted by atomic mass is 16.3. The van der Waals surface area contributed by atoms with Gasteiger partial charge in [-0.3, -0.25) is 0 Å². The number of hydrogen-bond acceptors (Lipinski definition) is 1. The summed E-state index contributed by atoms with van der Waals surface area (Å²) in [5.41, 5.74) is 1.06. The molecule has 0 aliphatic carbocycles. The van der Waals surface area contributed by atoms with Gasteiger partial charge in [-0.2, -0.15) is 0 Å². The van der Waals surface area contributed by atoms with Crippen LogP contribution in [0, 0.1) is 5.92 Å². The lowest BCUT2D eigenvalue weighted by Crippen LogP contribution is -2.35. The lowest BCUT2D eigenvalue weighted by atomic mass is 9.75. The summed E-state index contributed by atoms with van der Waals surface area (Å²) in [6, 6.07) is 10.3. The Labute approximate surface area is 106 Å². The first-order chi connectivity index (χ1) is 8.02. The summed E-state index contributed by atoms with van der Waals surface area (Å²) in [6.07, 6.45) is 2.93. The number of aliphatic hydroxyl groups is 1. The van der Waals surface area contributed by atoms with Crippen LogP contribution in [0.5, 0.6) is 0 Å². The van der Waals surface area contributed by atoms with Gasteiger partial charge in [0.25, 0.3) is 0 Å². The summed E-state index contributed by atoms with van der Waals surface area (Å²) in [5.74, 6) is 0.632. The second-order valence-corrected chi connectivity index (χ2v) is 5.52. The summed E-state index contributed by atoms with van der Waals surface area (Å²) >= 11 is 0. The maximum atomic E-state index is 10.5. The number of rotatable bonds is 6. The number of hydrogen-bond donors (Lipinski definition) is 1. The molecule has 0 heterocycles. The van der Waals surface area contributed by atoms with E-state index in [-0.39, 0.29) is 11.5 Å². The van der Waals surface area contributed by atoms with Crippen LogP contribution in [0.3, 0.4) is 0 Å². The topological polar surface area (TPSA) is 20.2 Å². The summed E-state index contributed by atoms with van der Waals surface area (Å²) in [6.45, 7) is 8.68. The Bertz CT molecular complexity index is 312.